The van der Waals surface area contributed by atoms with Gasteiger partial charge in [0, 0.05) is 19.6 Å². The summed E-state index contributed by atoms with van der Waals surface area (Å²) in [6.45, 7) is 5.09. The molecule has 1 aliphatic rings. The van der Waals surface area contributed by atoms with Gasteiger partial charge in [-0.3, -0.25) is 9.69 Å². The summed E-state index contributed by atoms with van der Waals surface area (Å²) in [5, 5.41) is 0. The fraction of sp³-hybridized carbons (Fsp3) is 0.375. The van der Waals surface area contributed by atoms with Crippen molar-refractivity contribution in [2.24, 2.45) is 22.9 Å². The molecule has 7 amide bonds. The lowest BCUT2D eigenvalue weighted by atomic mass is 10.6. The normalized spacial score (nSPS) is 12.8. The van der Waals surface area contributed by atoms with Crippen LogP contribution in [0.1, 0.15) is 0 Å². The SMILES string of the molecule is NC(N)=O.NC(N)=O.[CH2]CN1CCN(C=O)C1=O. The average Bonchev–Trinajstić information content (AvgIpc) is 2.57. The number of carbonyl (C=O) groups excluding carboxylic acids is 4. The molecule has 0 aromatic carbocycles. The van der Waals surface area contributed by atoms with Crippen molar-refractivity contribution >= 4 is 24.5 Å². The molecular weight excluding hydrogens is 244 g/mol. The topological polar surface area (TPSA) is 179 Å². The van der Waals surface area contributed by atoms with Gasteiger partial charge >= 0.3 is 18.1 Å². The number of nitrogens with zero attached hydrogens (tertiary/aromatic N) is 2. The molecule has 10 heteroatoms. The van der Waals surface area contributed by atoms with Crippen molar-refractivity contribution in [3.8, 4) is 0 Å². The minimum absolute atomic E-state index is 0.231. The summed E-state index contributed by atoms with van der Waals surface area (Å²) in [7, 11) is 0. The number of amides is 7. The molecule has 0 aliphatic carbocycles. The fourth-order valence-electron chi connectivity index (χ4n) is 0.907. The Labute approximate surface area is 104 Å². The lowest BCUT2D eigenvalue weighted by Crippen LogP contribution is -2.30. The van der Waals surface area contributed by atoms with E-state index >= 15 is 0 Å². The molecule has 1 aliphatic heterocycles. The smallest absolute Gasteiger partial charge is 0.326 e. The molecule has 1 saturated heterocycles. The van der Waals surface area contributed by atoms with E-state index in [9.17, 15) is 9.59 Å². The van der Waals surface area contributed by atoms with Gasteiger partial charge in [-0.05, 0) is 6.92 Å². The third-order valence-corrected chi connectivity index (χ3v) is 1.52. The molecule has 18 heavy (non-hydrogen) atoms. The average molecular weight is 261 g/mol. The Balaban J connectivity index is 0. The first-order valence-electron chi connectivity index (χ1n) is 4.66. The largest absolute Gasteiger partial charge is 0.352 e. The summed E-state index contributed by atoms with van der Waals surface area (Å²) in [4.78, 5) is 41.8. The van der Waals surface area contributed by atoms with Crippen LogP contribution >= 0.6 is 0 Å². The fourth-order valence-corrected chi connectivity index (χ4v) is 0.907. The van der Waals surface area contributed by atoms with Crippen molar-refractivity contribution in [3.63, 3.8) is 0 Å². The van der Waals surface area contributed by atoms with E-state index in [1.165, 1.54) is 4.90 Å². The summed E-state index contributed by atoms with van der Waals surface area (Å²) in [5.41, 5.74) is 17.0. The number of nitrogens with two attached hydrogens (primary N) is 4. The Morgan fingerprint density at radius 2 is 1.56 bits per heavy atom. The standard InChI is InChI=1S/C6H9N2O2.2CH4N2O/c1-2-7-3-4-8(5-9)6(7)10;2*2-1(3)4/h5H,1-4H2;2*(H4,2,3,4). The number of urea groups is 3. The Hall–Kier alpha value is -2.52. The molecule has 1 rings (SSSR count). The second-order valence-electron chi connectivity index (χ2n) is 2.87. The Morgan fingerprint density at radius 1 is 1.17 bits per heavy atom. The molecule has 1 radical (unpaired) electrons. The van der Waals surface area contributed by atoms with E-state index in [2.05, 4.69) is 29.9 Å². The van der Waals surface area contributed by atoms with Gasteiger partial charge in [-0.1, -0.05) is 0 Å². The van der Waals surface area contributed by atoms with Crippen LogP contribution in [-0.4, -0.2) is 53.9 Å². The molecule has 1 heterocycles. The second kappa shape index (κ2) is 9.69. The van der Waals surface area contributed by atoms with Crippen LogP contribution in [0.2, 0.25) is 0 Å². The molecule has 10 nitrogen and oxygen atoms in total. The van der Waals surface area contributed by atoms with Crippen LogP contribution in [0.25, 0.3) is 0 Å². The van der Waals surface area contributed by atoms with Gasteiger partial charge in [0.1, 0.15) is 0 Å². The van der Waals surface area contributed by atoms with Crippen molar-refractivity contribution in [3.05, 3.63) is 6.92 Å². The molecule has 0 aromatic heterocycles. The van der Waals surface area contributed by atoms with Crippen LogP contribution in [0.4, 0.5) is 14.4 Å². The van der Waals surface area contributed by atoms with Crippen LogP contribution in [0.3, 0.4) is 0 Å². The monoisotopic (exact) mass is 261 g/mol. The van der Waals surface area contributed by atoms with E-state index in [1.807, 2.05) is 0 Å². The number of hydrogen-bond donors (Lipinski definition) is 4. The Bertz CT molecular complexity index is 288. The van der Waals surface area contributed by atoms with Crippen LogP contribution < -0.4 is 22.9 Å². The first kappa shape index (κ1) is 17.9. The van der Waals surface area contributed by atoms with Crippen LogP contribution in [0, 0.1) is 6.92 Å². The molecule has 0 aromatic rings. The summed E-state index contributed by atoms with van der Waals surface area (Å²) in [5.74, 6) is 0. The molecule has 0 bridgehead atoms. The molecule has 0 unspecified atom stereocenters. The summed E-state index contributed by atoms with van der Waals surface area (Å²) in [6.07, 6.45) is 0.554. The maximum atomic E-state index is 10.9. The van der Waals surface area contributed by atoms with E-state index in [4.69, 9.17) is 9.59 Å². The molecule has 8 N–H and O–H groups in total. The van der Waals surface area contributed by atoms with Crippen molar-refractivity contribution in [2.75, 3.05) is 19.6 Å². The van der Waals surface area contributed by atoms with Gasteiger partial charge < -0.3 is 27.8 Å². The predicted octanol–water partition coefficient (Wildman–Crippen LogP) is -2.24. The van der Waals surface area contributed by atoms with Crippen molar-refractivity contribution in [1.82, 2.24) is 9.80 Å². The molecular formula is C8H17N6O4. The van der Waals surface area contributed by atoms with Crippen molar-refractivity contribution in [2.45, 2.75) is 0 Å². The first-order valence-corrected chi connectivity index (χ1v) is 4.66. The predicted molar refractivity (Wildman–Crippen MR) is 62.6 cm³/mol. The zero-order valence-electron chi connectivity index (χ0n) is 9.74. The van der Waals surface area contributed by atoms with Gasteiger partial charge in [0.05, 0.1) is 0 Å². The van der Waals surface area contributed by atoms with E-state index in [-0.39, 0.29) is 6.03 Å². The lowest BCUT2D eigenvalue weighted by Gasteiger charge is -2.10. The maximum absolute atomic E-state index is 10.9. The quantitative estimate of drug-likeness (QED) is 0.410. The summed E-state index contributed by atoms with van der Waals surface area (Å²) >= 11 is 0. The maximum Gasteiger partial charge on any atom is 0.326 e. The third-order valence-electron chi connectivity index (χ3n) is 1.52. The lowest BCUT2D eigenvalue weighted by molar-refractivity contribution is -0.115. The van der Waals surface area contributed by atoms with Crippen molar-refractivity contribution in [1.29, 1.82) is 0 Å². The number of imide groups is 1. The van der Waals surface area contributed by atoms with Gasteiger partial charge in [-0.15, -0.1) is 0 Å². The van der Waals surface area contributed by atoms with Crippen LogP contribution in [0.15, 0.2) is 0 Å². The van der Waals surface area contributed by atoms with Gasteiger partial charge in [0.25, 0.3) is 0 Å². The highest BCUT2D eigenvalue weighted by atomic mass is 16.2. The highest BCUT2D eigenvalue weighted by molar-refractivity contribution is 5.86. The second-order valence-corrected chi connectivity index (χ2v) is 2.87. The first-order chi connectivity index (χ1) is 8.26. The van der Waals surface area contributed by atoms with Crippen LogP contribution in [0.5, 0.6) is 0 Å². The Kier molecular flexibility index (Phi) is 9.61. The zero-order valence-corrected chi connectivity index (χ0v) is 9.74. The number of hydrogen-bond acceptors (Lipinski definition) is 4. The highest BCUT2D eigenvalue weighted by Gasteiger charge is 2.25. The number of primary amides is 4. The van der Waals surface area contributed by atoms with E-state index in [0.717, 1.165) is 4.90 Å². The van der Waals surface area contributed by atoms with E-state index in [0.29, 0.717) is 26.0 Å². The molecule has 0 atom stereocenters. The molecule has 1 fully saturated rings. The van der Waals surface area contributed by atoms with Crippen molar-refractivity contribution < 1.29 is 19.2 Å². The van der Waals surface area contributed by atoms with Gasteiger partial charge in [-0.2, -0.15) is 0 Å². The third kappa shape index (κ3) is 10.0. The zero-order chi connectivity index (χ0) is 14.7. The van der Waals surface area contributed by atoms with Crippen LogP contribution in [-0.2, 0) is 4.79 Å². The molecule has 0 spiro atoms. The van der Waals surface area contributed by atoms with Gasteiger partial charge in [0.2, 0.25) is 6.41 Å². The highest BCUT2D eigenvalue weighted by Crippen LogP contribution is 2.04. The minimum Gasteiger partial charge on any atom is -0.352 e. The number of carbonyl (C=O) groups is 4. The van der Waals surface area contributed by atoms with E-state index < -0.39 is 12.1 Å². The summed E-state index contributed by atoms with van der Waals surface area (Å²) < 4.78 is 0. The van der Waals surface area contributed by atoms with Gasteiger partial charge in [-0.25, -0.2) is 14.4 Å². The Morgan fingerprint density at radius 3 is 1.72 bits per heavy atom. The summed E-state index contributed by atoms with van der Waals surface area (Å²) in [6, 6.07) is -1.90. The minimum atomic E-state index is -0.833. The number of rotatable bonds is 2. The van der Waals surface area contributed by atoms with Gasteiger partial charge in [0.15, 0.2) is 0 Å². The van der Waals surface area contributed by atoms with E-state index in [1.54, 1.807) is 0 Å². The molecule has 0 saturated carbocycles. The molecule has 103 valence electrons.